The number of hydrogen-bond acceptors (Lipinski definition) is 5. The van der Waals surface area contributed by atoms with Gasteiger partial charge in [0.25, 0.3) is 0 Å². The average Bonchev–Trinajstić information content (AvgIpc) is 3.34. The van der Waals surface area contributed by atoms with Gasteiger partial charge in [0.2, 0.25) is 0 Å². The Bertz CT molecular complexity index is 1150. The van der Waals surface area contributed by atoms with E-state index in [1.54, 1.807) is 13.4 Å². The lowest BCUT2D eigenvalue weighted by molar-refractivity contribution is -0.138. The second kappa shape index (κ2) is 8.27. The summed E-state index contributed by atoms with van der Waals surface area (Å²) in [6.45, 7) is 1.47. The van der Waals surface area contributed by atoms with Crippen LogP contribution in [0.15, 0.2) is 24.7 Å². The minimum atomic E-state index is -4.45. The smallest absolute Gasteiger partial charge is 0.384 e. The van der Waals surface area contributed by atoms with Crippen molar-refractivity contribution in [3.8, 4) is 11.3 Å². The summed E-state index contributed by atoms with van der Waals surface area (Å²) in [5, 5.41) is 0. The molecule has 0 atom stereocenters. The molecule has 2 aliphatic carbocycles. The van der Waals surface area contributed by atoms with Crippen molar-refractivity contribution >= 4 is 16.9 Å². The summed E-state index contributed by atoms with van der Waals surface area (Å²) in [6.07, 6.45) is 4.68. The number of aromatic nitrogens is 4. The van der Waals surface area contributed by atoms with Crippen LogP contribution in [0.5, 0.6) is 0 Å². The van der Waals surface area contributed by atoms with Crippen LogP contribution in [0.25, 0.3) is 22.4 Å². The quantitative estimate of drug-likeness (QED) is 0.501. The largest absolute Gasteiger partial charge is 0.418 e. The Hall–Kier alpha value is -2.68. The fourth-order valence-corrected chi connectivity index (χ4v) is 5.25. The highest BCUT2D eigenvalue weighted by molar-refractivity contribution is 5.89. The molecule has 9 heteroatoms. The lowest BCUT2D eigenvalue weighted by atomic mass is 9.86. The molecule has 0 radical (unpaired) electrons. The number of imidazole rings is 1. The first-order valence-corrected chi connectivity index (χ1v) is 11.4. The van der Waals surface area contributed by atoms with E-state index >= 15 is 0 Å². The molecule has 0 saturated heterocycles. The first-order valence-electron chi connectivity index (χ1n) is 11.4. The van der Waals surface area contributed by atoms with E-state index in [1.807, 2.05) is 13.1 Å². The van der Waals surface area contributed by atoms with Crippen LogP contribution in [0.4, 0.5) is 18.9 Å². The third kappa shape index (κ3) is 4.30. The SMILES string of the molecule is COCC1(CN(C)c2cc(-c3cnc(C4CC4)c(C(F)(F)F)c3)nc3nc[nH]c23)CCCC1. The van der Waals surface area contributed by atoms with Gasteiger partial charge in [0, 0.05) is 43.8 Å². The van der Waals surface area contributed by atoms with Crippen molar-refractivity contribution in [2.75, 3.05) is 32.2 Å². The summed E-state index contributed by atoms with van der Waals surface area (Å²) >= 11 is 0. The summed E-state index contributed by atoms with van der Waals surface area (Å²) in [6, 6.07) is 3.03. The highest BCUT2D eigenvalue weighted by Crippen LogP contribution is 2.46. The zero-order valence-electron chi connectivity index (χ0n) is 18.9. The van der Waals surface area contributed by atoms with E-state index in [1.165, 1.54) is 25.1 Å². The van der Waals surface area contributed by atoms with Crippen molar-refractivity contribution < 1.29 is 17.9 Å². The summed E-state index contributed by atoms with van der Waals surface area (Å²) in [4.78, 5) is 18.4. The maximum atomic E-state index is 13.8. The standard InChI is InChI=1S/C24H28F3N5O/c1-32(12-23(13-33-2)7-3-4-8-23)19-10-18(31-22-21(19)29-14-30-22)16-9-17(24(25,26)27)20(28-11-16)15-5-6-15/h9-11,14-15H,3-8,12-13H2,1-2H3,(H,29,30,31). The summed E-state index contributed by atoms with van der Waals surface area (Å²) < 4.78 is 46.9. The number of alkyl halides is 3. The molecule has 0 spiro atoms. The number of fused-ring (bicyclic) bond motifs is 1. The van der Waals surface area contributed by atoms with Gasteiger partial charge in [-0.3, -0.25) is 4.98 Å². The van der Waals surface area contributed by atoms with E-state index in [0.29, 0.717) is 23.5 Å². The van der Waals surface area contributed by atoms with Crippen LogP contribution < -0.4 is 4.90 Å². The van der Waals surface area contributed by atoms with Crippen LogP contribution in [0, 0.1) is 5.41 Å². The van der Waals surface area contributed by atoms with Crippen molar-refractivity contribution in [2.45, 2.75) is 50.6 Å². The molecule has 5 rings (SSSR count). The van der Waals surface area contributed by atoms with Gasteiger partial charge >= 0.3 is 6.18 Å². The molecule has 3 heterocycles. The Morgan fingerprint density at radius 3 is 2.61 bits per heavy atom. The summed E-state index contributed by atoms with van der Waals surface area (Å²) in [5.74, 6) is -0.0949. The highest BCUT2D eigenvalue weighted by Gasteiger charge is 2.40. The van der Waals surface area contributed by atoms with E-state index in [0.717, 1.165) is 43.4 Å². The minimum absolute atomic E-state index is 0.0657. The van der Waals surface area contributed by atoms with E-state index < -0.39 is 11.7 Å². The van der Waals surface area contributed by atoms with E-state index in [9.17, 15) is 13.2 Å². The number of anilines is 1. The van der Waals surface area contributed by atoms with Gasteiger partial charge < -0.3 is 14.6 Å². The predicted octanol–water partition coefficient (Wildman–Crippen LogP) is 5.56. The molecule has 2 aliphatic rings. The molecule has 6 nitrogen and oxygen atoms in total. The molecule has 0 unspecified atom stereocenters. The Labute approximate surface area is 190 Å². The Kier molecular flexibility index (Phi) is 5.55. The lowest BCUT2D eigenvalue weighted by Gasteiger charge is -2.34. The van der Waals surface area contributed by atoms with E-state index in [2.05, 4.69) is 24.8 Å². The molecule has 33 heavy (non-hydrogen) atoms. The molecule has 2 saturated carbocycles. The predicted molar refractivity (Wildman–Crippen MR) is 120 cm³/mol. The van der Waals surface area contributed by atoms with Gasteiger partial charge in [0.1, 0.15) is 5.52 Å². The van der Waals surface area contributed by atoms with Gasteiger partial charge in [-0.1, -0.05) is 12.8 Å². The third-order valence-electron chi connectivity index (χ3n) is 6.96. The molecule has 0 amide bonds. The molecular weight excluding hydrogens is 431 g/mol. The molecule has 0 aromatic carbocycles. The molecule has 1 N–H and O–H groups in total. The normalized spacial score (nSPS) is 18.2. The number of nitrogens with zero attached hydrogens (tertiary/aromatic N) is 4. The van der Waals surface area contributed by atoms with Gasteiger partial charge in [-0.05, 0) is 37.8 Å². The Morgan fingerprint density at radius 1 is 1.18 bits per heavy atom. The maximum Gasteiger partial charge on any atom is 0.418 e. The number of pyridine rings is 2. The fourth-order valence-electron chi connectivity index (χ4n) is 5.25. The number of aromatic amines is 1. The molecule has 2 fully saturated rings. The first-order chi connectivity index (χ1) is 15.8. The lowest BCUT2D eigenvalue weighted by Crippen LogP contribution is -2.37. The number of rotatable bonds is 7. The second-order valence-corrected chi connectivity index (χ2v) is 9.55. The average molecular weight is 460 g/mol. The van der Waals surface area contributed by atoms with E-state index in [4.69, 9.17) is 4.74 Å². The van der Waals surface area contributed by atoms with Gasteiger partial charge in [0.15, 0.2) is 5.65 Å². The number of halogens is 3. The van der Waals surface area contributed by atoms with Crippen molar-refractivity contribution in [2.24, 2.45) is 5.41 Å². The molecule has 0 aliphatic heterocycles. The van der Waals surface area contributed by atoms with Crippen molar-refractivity contribution in [3.63, 3.8) is 0 Å². The maximum absolute atomic E-state index is 13.8. The zero-order chi connectivity index (χ0) is 23.2. The monoisotopic (exact) mass is 459 g/mol. The van der Waals surface area contributed by atoms with Crippen LogP contribution >= 0.6 is 0 Å². The van der Waals surface area contributed by atoms with Gasteiger partial charge in [-0.15, -0.1) is 0 Å². The van der Waals surface area contributed by atoms with Crippen LogP contribution in [-0.2, 0) is 10.9 Å². The molecule has 176 valence electrons. The van der Waals surface area contributed by atoms with Crippen molar-refractivity contribution in [1.82, 2.24) is 19.9 Å². The molecule has 3 aromatic heterocycles. The number of H-pyrrole nitrogens is 1. The molecule has 3 aromatic rings. The zero-order valence-corrected chi connectivity index (χ0v) is 18.9. The van der Waals surface area contributed by atoms with Crippen LogP contribution in [0.3, 0.4) is 0 Å². The second-order valence-electron chi connectivity index (χ2n) is 9.55. The van der Waals surface area contributed by atoms with Gasteiger partial charge in [-0.2, -0.15) is 13.2 Å². The number of methoxy groups -OCH3 is 1. The molecule has 0 bridgehead atoms. The molecular formula is C24H28F3N5O. The van der Waals surface area contributed by atoms with Gasteiger partial charge in [-0.25, -0.2) is 9.97 Å². The fraction of sp³-hybridized carbons (Fsp3) is 0.542. The van der Waals surface area contributed by atoms with Crippen LogP contribution in [0.2, 0.25) is 0 Å². The van der Waals surface area contributed by atoms with Crippen LogP contribution in [0.1, 0.15) is 55.7 Å². The van der Waals surface area contributed by atoms with Crippen molar-refractivity contribution in [1.29, 1.82) is 0 Å². The highest BCUT2D eigenvalue weighted by atomic mass is 19.4. The number of hydrogen-bond donors (Lipinski definition) is 1. The summed E-state index contributed by atoms with van der Waals surface area (Å²) in [5.41, 5.74) is 2.43. The third-order valence-corrected chi connectivity index (χ3v) is 6.96. The number of nitrogens with one attached hydrogen (secondary N) is 1. The Balaban J connectivity index is 1.55. The first kappa shape index (κ1) is 22.1. The minimum Gasteiger partial charge on any atom is -0.384 e. The van der Waals surface area contributed by atoms with Crippen LogP contribution in [-0.4, -0.2) is 47.2 Å². The topological polar surface area (TPSA) is 66.9 Å². The van der Waals surface area contributed by atoms with Gasteiger partial charge in [0.05, 0.1) is 35.6 Å². The van der Waals surface area contributed by atoms with E-state index in [-0.39, 0.29) is 17.0 Å². The summed E-state index contributed by atoms with van der Waals surface area (Å²) in [7, 11) is 3.74. The van der Waals surface area contributed by atoms with Crippen molar-refractivity contribution in [3.05, 3.63) is 35.9 Å². The Morgan fingerprint density at radius 2 is 1.94 bits per heavy atom. The number of ether oxygens (including phenoxy) is 1.